The number of benzene rings is 1. The van der Waals surface area contributed by atoms with Crippen LogP contribution in [0.25, 0.3) is 0 Å². The number of hydrogen-bond acceptors (Lipinski definition) is 3. The van der Waals surface area contributed by atoms with Gasteiger partial charge in [0, 0.05) is 23.7 Å². The van der Waals surface area contributed by atoms with Crippen molar-refractivity contribution in [2.45, 2.75) is 25.7 Å². The molecule has 0 bridgehead atoms. The third-order valence-electron chi connectivity index (χ3n) is 3.59. The zero-order valence-electron chi connectivity index (χ0n) is 12.7. The second kappa shape index (κ2) is 8.56. The van der Waals surface area contributed by atoms with Crippen molar-refractivity contribution in [3.63, 3.8) is 0 Å². The minimum Gasteiger partial charge on any atom is -0.396 e. The van der Waals surface area contributed by atoms with E-state index in [9.17, 15) is 9.90 Å². The Balaban J connectivity index is 1.79. The van der Waals surface area contributed by atoms with Gasteiger partial charge in [-0.15, -0.1) is 11.3 Å². The van der Waals surface area contributed by atoms with Crippen LogP contribution in [0.15, 0.2) is 41.8 Å². The Hall–Kier alpha value is -1.85. The molecule has 0 saturated carbocycles. The van der Waals surface area contributed by atoms with Crippen molar-refractivity contribution in [1.82, 2.24) is 5.32 Å². The third kappa shape index (κ3) is 4.86. The van der Waals surface area contributed by atoms with Crippen molar-refractivity contribution in [3.05, 3.63) is 52.2 Å². The summed E-state index contributed by atoms with van der Waals surface area (Å²) in [6, 6.07) is 11.6. The molecule has 1 aromatic carbocycles. The van der Waals surface area contributed by atoms with E-state index in [-0.39, 0.29) is 12.6 Å². The normalized spacial score (nSPS) is 11.9. The lowest BCUT2D eigenvalue weighted by Gasteiger charge is -2.15. The van der Waals surface area contributed by atoms with E-state index in [0.717, 1.165) is 24.1 Å². The number of aryl methyl sites for hydroxylation is 1. The molecule has 22 heavy (non-hydrogen) atoms. The minimum absolute atomic E-state index is 0.165. The summed E-state index contributed by atoms with van der Waals surface area (Å²) in [4.78, 5) is 13.2. The Morgan fingerprint density at radius 2 is 2.05 bits per heavy atom. The highest BCUT2D eigenvalue weighted by molar-refractivity contribution is 7.10. The Morgan fingerprint density at radius 1 is 1.23 bits per heavy atom. The number of aliphatic hydroxyl groups excluding tert-OH is 1. The number of nitrogens with one attached hydrogen (secondary N) is 2. The lowest BCUT2D eigenvalue weighted by Crippen LogP contribution is -2.30. The molecule has 118 valence electrons. The van der Waals surface area contributed by atoms with Crippen LogP contribution in [0, 0.1) is 6.92 Å². The van der Waals surface area contributed by atoms with Gasteiger partial charge in [-0.25, -0.2) is 4.79 Å². The molecule has 0 aliphatic rings. The van der Waals surface area contributed by atoms with Gasteiger partial charge in [-0.1, -0.05) is 24.3 Å². The Bertz CT molecular complexity index is 584. The first-order valence-corrected chi connectivity index (χ1v) is 8.33. The average Bonchev–Trinajstić information content (AvgIpc) is 3.03. The molecule has 3 N–H and O–H groups in total. The summed E-state index contributed by atoms with van der Waals surface area (Å²) in [6.45, 7) is 2.71. The molecule has 4 nitrogen and oxygen atoms in total. The maximum absolute atomic E-state index is 11.9. The van der Waals surface area contributed by atoms with Gasteiger partial charge in [0.05, 0.1) is 0 Å². The van der Waals surface area contributed by atoms with Crippen molar-refractivity contribution in [3.8, 4) is 0 Å². The molecular weight excluding hydrogens is 296 g/mol. The lowest BCUT2D eigenvalue weighted by molar-refractivity contribution is 0.250. The first-order chi connectivity index (χ1) is 10.7. The first-order valence-electron chi connectivity index (χ1n) is 7.45. The van der Waals surface area contributed by atoms with Gasteiger partial charge < -0.3 is 15.7 Å². The van der Waals surface area contributed by atoms with Crippen LogP contribution in [0.1, 0.15) is 29.2 Å². The predicted octanol–water partition coefficient (Wildman–Crippen LogP) is 3.73. The molecular formula is C17H22N2O2S. The molecule has 0 spiro atoms. The number of urea groups is 1. The lowest BCUT2D eigenvalue weighted by atomic mass is 10.00. The molecule has 1 atom stereocenters. The van der Waals surface area contributed by atoms with Crippen LogP contribution in [0.5, 0.6) is 0 Å². The number of amides is 2. The van der Waals surface area contributed by atoms with Crippen molar-refractivity contribution < 1.29 is 9.90 Å². The summed E-state index contributed by atoms with van der Waals surface area (Å²) in [6.07, 6.45) is 1.55. The second-order valence-corrected chi connectivity index (χ2v) is 6.19. The zero-order chi connectivity index (χ0) is 15.8. The minimum atomic E-state index is -0.191. The fraction of sp³-hybridized carbons (Fsp3) is 0.353. The molecule has 0 fully saturated rings. The molecule has 1 unspecified atom stereocenters. The van der Waals surface area contributed by atoms with E-state index in [2.05, 4.69) is 16.7 Å². The van der Waals surface area contributed by atoms with Gasteiger partial charge in [0.2, 0.25) is 0 Å². The standard InChI is InChI=1S/C17H22N2O2S/c1-13-5-2-3-6-15(13)19-17(21)18-10-8-14(9-11-20)16-7-4-12-22-16/h2-7,12,14,20H,8-11H2,1H3,(H2,18,19,21). The fourth-order valence-corrected chi connectivity index (χ4v) is 3.25. The van der Waals surface area contributed by atoms with E-state index in [4.69, 9.17) is 0 Å². The highest BCUT2D eigenvalue weighted by Crippen LogP contribution is 2.26. The van der Waals surface area contributed by atoms with Gasteiger partial charge >= 0.3 is 6.03 Å². The number of para-hydroxylation sites is 1. The van der Waals surface area contributed by atoms with Crippen LogP contribution >= 0.6 is 11.3 Å². The summed E-state index contributed by atoms with van der Waals surface area (Å²) < 4.78 is 0. The fourth-order valence-electron chi connectivity index (χ4n) is 2.35. The number of carbonyl (C=O) groups is 1. The van der Waals surface area contributed by atoms with Gasteiger partial charge in [0.1, 0.15) is 0 Å². The van der Waals surface area contributed by atoms with Crippen LogP contribution < -0.4 is 10.6 Å². The van der Waals surface area contributed by atoms with Gasteiger partial charge in [0.15, 0.2) is 0 Å². The summed E-state index contributed by atoms with van der Waals surface area (Å²) in [5, 5.41) is 17.0. The highest BCUT2D eigenvalue weighted by atomic mass is 32.1. The van der Waals surface area contributed by atoms with Crippen LogP contribution in [0.4, 0.5) is 10.5 Å². The number of hydrogen-bond donors (Lipinski definition) is 3. The highest BCUT2D eigenvalue weighted by Gasteiger charge is 2.12. The number of aliphatic hydroxyl groups is 1. The van der Waals surface area contributed by atoms with Crippen molar-refractivity contribution in [2.24, 2.45) is 0 Å². The third-order valence-corrected chi connectivity index (χ3v) is 4.63. The molecule has 2 aromatic rings. The van der Waals surface area contributed by atoms with Crippen LogP contribution in [-0.2, 0) is 0 Å². The SMILES string of the molecule is Cc1ccccc1NC(=O)NCCC(CCO)c1cccs1. The maximum Gasteiger partial charge on any atom is 0.319 e. The average molecular weight is 318 g/mol. The number of rotatable bonds is 7. The molecule has 0 aliphatic carbocycles. The van der Waals surface area contributed by atoms with Gasteiger partial charge in [-0.3, -0.25) is 0 Å². The van der Waals surface area contributed by atoms with Crippen molar-refractivity contribution >= 4 is 23.1 Å². The number of anilines is 1. The van der Waals surface area contributed by atoms with Crippen LogP contribution in [-0.4, -0.2) is 24.3 Å². The molecule has 0 aliphatic heterocycles. The van der Waals surface area contributed by atoms with E-state index in [1.807, 2.05) is 42.6 Å². The molecule has 0 radical (unpaired) electrons. The molecule has 1 aromatic heterocycles. The Labute approximate surface area is 135 Å². The van der Waals surface area contributed by atoms with Gasteiger partial charge in [-0.05, 0) is 48.8 Å². The van der Waals surface area contributed by atoms with E-state index < -0.39 is 0 Å². The van der Waals surface area contributed by atoms with Gasteiger partial charge in [0.25, 0.3) is 0 Å². The molecule has 2 rings (SSSR count). The number of thiophene rings is 1. The van der Waals surface area contributed by atoms with E-state index in [1.165, 1.54) is 4.88 Å². The summed E-state index contributed by atoms with van der Waals surface area (Å²) in [7, 11) is 0. The first kappa shape index (κ1) is 16.5. The van der Waals surface area contributed by atoms with Crippen molar-refractivity contribution in [2.75, 3.05) is 18.5 Å². The quantitative estimate of drug-likeness (QED) is 0.728. The largest absolute Gasteiger partial charge is 0.396 e. The molecule has 2 amide bonds. The summed E-state index contributed by atoms with van der Waals surface area (Å²) in [5.41, 5.74) is 1.86. The molecule has 5 heteroatoms. The molecule has 0 saturated heterocycles. The van der Waals surface area contributed by atoms with Crippen molar-refractivity contribution in [1.29, 1.82) is 0 Å². The second-order valence-electron chi connectivity index (χ2n) is 5.21. The summed E-state index contributed by atoms with van der Waals surface area (Å²) >= 11 is 1.69. The maximum atomic E-state index is 11.9. The van der Waals surface area contributed by atoms with Gasteiger partial charge in [-0.2, -0.15) is 0 Å². The smallest absolute Gasteiger partial charge is 0.319 e. The van der Waals surface area contributed by atoms with Crippen LogP contribution in [0.2, 0.25) is 0 Å². The summed E-state index contributed by atoms with van der Waals surface area (Å²) in [5.74, 6) is 0.295. The van der Waals surface area contributed by atoms with E-state index in [0.29, 0.717) is 12.5 Å². The van der Waals surface area contributed by atoms with E-state index >= 15 is 0 Å². The Kier molecular flexibility index (Phi) is 6.43. The predicted molar refractivity (Wildman–Crippen MR) is 91.6 cm³/mol. The number of carbonyl (C=O) groups excluding carboxylic acids is 1. The van der Waals surface area contributed by atoms with E-state index in [1.54, 1.807) is 11.3 Å². The van der Waals surface area contributed by atoms with Crippen LogP contribution in [0.3, 0.4) is 0 Å². The Morgan fingerprint density at radius 3 is 2.73 bits per heavy atom. The zero-order valence-corrected chi connectivity index (χ0v) is 13.5. The molecule has 1 heterocycles. The monoisotopic (exact) mass is 318 g/mol. The topological polar surface area (TPSA) is 61.4 Å².